The summed E-state index contributed by atoms with van der Waals surface area (Å²) in [6.45, 7) is 9.83. The van der Waals surface area contributed by atoms with Crippen molar-refractivity contribution < 1.29 is 4.79 Å². The van der Waals surface area contributed by atoms with Crippen LogP contribution in [0.3, 0.4) is 0 Å². The van der Waals surface area contributed by atoms with Crippen molar-refractivity contribution in [1.29, 1.82) is 0 Å². The molecular formula is C22H27N5O. The highest BCUT2D eigenvalue weighted by molar-refractivity contribution is 5.89. The molecule has 1 atom stereocenters. The zero-order chi connectivity index (χ0) is 19.8. The number of fused-ring (bicyclic) bond motifs is 1. The lowest BCUT2D eigenvalue weighted by Crippen LogP contribution is -2.33. The lowest BCUT2D eigenvalue weighted by Gasteiger charge is -2.19. The number of likely N-dealkylation sites (tertiary alicyclic amines) is 1. The van der Waals surface area contributed by atoms with Crippen LogP contribution in [0.5, 0.6) is 0 Å². The van der Waals surface area contributed by atoms with Gasteiger partial charge in [0.05, 0.1) is 17.2 Å². The average molecular weight is 377 g/mol. The SMILES string of the molecule is Cc1cc(C)cc(NC(=O)N2CC[C@H](c3nc4ccncc4n3C(C)C)C2)c1. The number of benzene rings is 1. The van der Waals surface area contributed by atoms with Crippen LogP contribution in [0.15, 0.2) is 36.7 Å². The number of nitrogens with zero attached hydrogens (tertiary/aromatic N) is 4. The molecule has 1 aliphatic rings. The van der Waals surface area contributed by atoms with Gasteiger partial charge in [0.1, 0.15) is 5.82 Å². The second kappa shape index (κ2) is 7.26. The summed E-state index contributed by atoms with van der Waals surface area (Å²) in [6.07, 6.45) is 4.58. The Balaban J connectivity index is 1.53. The Hall–Kier alpha value is -2.89. The lowest BCUT2D eigenvalue weighted by atomic mass is 10.1. The Labute approximate surface area is 165 Å². The summed E-state index contributed by atoms with van der Waals surface area (Å²) >= 11 is 0. The molecule has 0 aliphatic carbocycles. The van der Waals surface area contributed by atoms with Crippen molar-refractivity contribution in [3.8, 4) is 0 Å². The summed E-state index contributed by atoms with van der Waals surface area (Å²) in [6, 6.07) is 8.32. The van der Waals surface area contributed by atoms with Crippen molar-refractivity contribution in [1.82, 2.24) is 19.4 Å². The number of pyridine rings is 1. The summed E-state index contributed by atoms with van der Waals surface area (Å²) in [7, 11) is 0. The number of imidazole rings is 1. The van der Waals surface area contributed by atoms with Crippen LogP contribution in [0.25, 0.3) is 11.0 Å². The quantitative estimate of drug-likeness (QED) is 0.723. The van der Waals surface area contributed by atoms with Crippen LogP contribution in [-0.2, 0) is 0 Å². The third-order valence-electron chi connectivity index (χ3n) is 5.35. The highest BCUT2D eigenvalue weighted by Gasteiger charge is 2.31. The van der Waals surface area contributed by atoms with E-state index in [9.17, 15) is 4.79 Å². The maximum absolute atomic E-state index is 12.8. The Bertz CT molecular complexity index is 1000. The van der Waals surface area contributed by atoms with E-state index < -0.39 is 0 Å². The standard InChI is InChI=1S/C22H27N5O/c1-14(2)27-20-12-23-7-5-19(20)25-21(27)17-6-8-26(13-17)22(28)24-18-10-15(3)9-16(4)11-18/h5,7,9-12,14,17H,6,8,13H2,1-4H3,(H,24,28)/t17-/m0/s1. The Kier molecular flexibility index (Phi) is 4.79. The molecule has 1 aliphatic heterocycles. The van der Waals surface area contributed by atoms with Crippen molar-refractivity contribution in [3.05, 3.63) is 53.6 Å². The first kappa shape index (κ1) is 18.5. The van der Waals surface area contributed by atoms with Crippen molar-refractivity contribution in [2.45, 2.75) is 46.1 Å². The molecule has 3 aromatic rings. The summed E-state index contributed by atoms with van der Waals surface area (Å²) in [5.74, 6) is 1.29. The van der Waals surface area contributed by atoms with E-state index in [1.807, 2.05) is 43.1 Å². The summed E-state index contributed by atoms with van der Waals surface area (Å²) in [5, 5.41) is 3.05. The largest absolute Gasteiger partial charge is 0.324 e. The highest BCUT2D eigenvalue weighted by atomic mass is 16.2. The number of nitrogens with one attached hydrogen (secondary N) is 1. The highest BCUT2D eigenvalue weighted by Crippen LogP contribution is 2.31. The van der Waals surface area contributed by atoms with E-state index in [4.69, 9.17) is 4.98 Å². The van der Waals surface area contributed by atoms with E-state index in [1.165, 1.54) is 0 Å². The topological polar surface area (TPSA) is 63.1 Å². The van der Waals surface area contributed by atoms with Crippen molar-refractivity contribution in [3.63, 3.8) is 0 Å². The maximum atomic E-state index is 12.8. The number of carbonyl (C=O) groups excluding carboxylic acids is 1. The van der Waals surface area contributed by atoms with Crippen LogP contribution in [-0.4, -0.2) is 38.6 Å². The minimum atomic E-state index is -0.0404. The van der Waals surface area contributed by atoms with Gasteiger partial charge in [0.25, 0.3) is 0 Å². The van der Waals surface area contributed by atoms with Gasteiger partial charge < -0.3 is 14.8 Å². The molecule has 0 spiro atoms. The monoisotopic (exact) mass is 377 g/mol. The van der Waals surface area contributed by atoms with Crippen molar-refractivity contribution in [2.75, 3.05) is 18.4 Å². The second-order valence-corrected chi connectivity index (χ2v) is 8.04. The van der Waals surface area contributed by atoms with Crippen LogP contribution >= 0.6 is 0 Å². The molecule has 0 unspecified atom stereocenters. The number of aryl methyl sites for hydroxylation is 2. The van der Waals surface area contributed by atoms with Crippen molar-refractivity contribution in [2.24, 2.45) is 0 Å². The fourth-order valence-electron chi connectivity index (χ4n) is 4.20. The van der Waals surface area contributed by atoms with Gasteiger partial charge in [-0.2, -0.15) is 0 Å². The first-order chi connectivity index (χ1) is 13.4. The van der Waals surface area contributed by atoms with E-state index in [-0.39, 0.29) is 11.9 Å². The van der Waals surface area contributed by atoms with E-state index in [0.29, 0.717) is 12.6 Å². The summed E-state index contributed by atoms with van der Waals surface area (Å²) < 4.78 is 2.26. The number of amides is 2. The molecule has 146 valence electrons. The van der Waals surface area contributed by atoms with Gasteiger partial charge in [0.2, 0.25) is 0 Å². The summed E-state index contributed by atoms with van der Waals surface area (Å²) in [5.41, 5.74) is 5.18. The van der Waals surface area contributed by atoms with Gasteiger partial charge in [0.15, 0.2) is 0 Å². The number of carbonyl (C=O) groups is 1. The third-order valence-corrected chi connectivity index (χ3v) is 5.35. The molecule has 1 N–H and O–H groups in total. The molecule has 4 rings (SSSR count). The minimum Gasteiger partial charge on any atom is -0.324 e. The number of hydrogen-bond donors (Lipinski definition) is 1. The van der Waals surface area contributed by atoms with E-state index >= 15 is 0 Å². The fourth-order valence-corrected chi connectivity index (χ4v) is 4.20. The molecule has 0 radical (unpaired) electrons. The van der Waals surface area contributed by atoms with Gasteiger partial charge in [-0.3, -0.25) is 4.98 Å². The van der Waals surface area contributed by atoms with Crippen LogP contribution < -0.4 is 5.32 Å². The molecule has 2 amide bonds. The molecule has 28 heavy (non-hydrogen) atoms. The molecule has 2 aromatic heterocycles. The minimum absolute atomic E-state index is 0.0404. The predicted octanol–water partition coefficient (Wildman–Crippen LogP) is 4.65. The number of hydrogen-bond acceptors (Lipinski definition) is 3. The van der Waals surface area contributed by atoms with E-state index in [2.05, 4.69) is 34.8 Å². The molecule has 6 heteroatoms. The molecule has 1 saturated heterocycles. The van der Waals surface area contributed by atoms with Crippen LogP contribution in [0.2, 0.25) is 0 Å². The first-order valence-corrected chi connectivity index (χ1v) is 9.88. The first-order valence-electron chi connectivity index (χ1n) is 9.88. The molecule has 1 aromatic carbocycles. The molecule has 3 heterocycles. The van der Waals surface area contributed by atoms with Gasteiger partial charge >= 0.3 is 6.03 Å². The zero-order valence-electron chi connectivity index (χ0n) is 16.9. The number of aromatic nitrogens is 3. The number of rotatable bonds is 3. The molecular weight excluding hydrogens is 350 g/mol. The fraction of sp³-hybridized carbons (Fsp3) is 0.409. The predicted molar refractivity (Wildman–Crippen MR) is 112 cm³/mol. The van der Waals surface area contributed by atoms with Gasteiger partial charge in [0, 0.05) is 36.9 Å². The second-order valence-electron chi connectivity index (χ2n) is 8.04. The van der Waals surface area contributed by atoms with Gasteiger partial charge in [-0.15, -0.1) is 0 Å². The van der Waals surface area contributed by atoms with Gasteiger partial charge in [-0.25, -0.2) is 9.78 Å². The molecule has 6 nitrogen and oxygen atoms in total. The Morgan fingerprint density at radius 3 is 2.68 bits per heavy atom. The lowest BCUT2D eigenvalue weighted by molar-refractivity contribution is 0.222. The van der Waals surface area contributed by atoms with Crippen molar-refractivity contribution >= 4 is 22.8 Å². The van der Waals surface area contributed by atoms with Crippen LogP contribution in [0.4, 0.5) is 10.5 Å². The van der Waals surface area contributed by atoms with Gasteiger partial charge in [-0.05, 0) is 63.4 Å². The molecule has 0 saturated carbocycles. The maximum Gasteiger partial charge on any atom is 0.321 e. The van der Waals surface area contributed by atoms with E-state index in [0.717, 1.165) is 46.6 Å². The average Bonchev–Trinajstić information content (AvgIpc) is 3.25. The number of urea groups is 1. The Morgan fingerprint density at radius 2 is 1.96 bits per heavy atom. The molecule has 1 fully saturated rings. The van der Waals surface area contributed by atoms with Gasteiger partial charge in [-0.1, -0.05) is 6.07 Å². The molecule has 0 bridgehead atoms. The smallest absolute Gasteiger partial charge is 0.321 e. The summed E-state index contributed by atoms with van der Waals surface area (Å²) in [4.78, 5) is 23.8. The third kappa shape index (κ3) is 3.46. The van der Waals surface area contributed by atoms with Crippen LogP contribution in [0.1, 0.15) is 49.2 Å². The van der Waals surface area contributed by atoms with Crippen LogP contribution in [0, 0.1) is 13.8 Å². The Morgan fingerprint density at radius 1 is 1.21 bits per heavy atom. The number of anilines is 1. The normalized spacial score (nSPS) is 16.9. The van der Waals surface area contributed by atoms with E-state index in [1.54, 1.807) is 6.20 Å². The zero-order valence-corrected chi connectivity index (χ0v) is 16.9.